The van der Waals surface area contributed by atoms with Gasteiger partial charge in [0.05, 0.1) is 11.0 Å². The lowest BCUT2D eigenvalue weighted by Crippen LogP contribution is -2.52. The van der Waals surface area contributed by atoms with Crippen LogP contribution in [0.3, 0.4) is 0 Å². The number of hydrogen-bond acceptors (Lipinski definition) is 4. The Morgan fingerprint density at radius 1 is 1.08 bits per heavy atom. The molecule has 0 unspecified atom stereocenters. The van der Waals surface area contributed by atoms with Crippen LogP contribution in [0.25, 0.3) is 0 Å². The molecule has 1 aromatic carbocycles. The van der Waals surface area contributed by atoms with Crippen molar-refractivity contribution in [3.63, 3.8) is 0 Å². The van der Waals surface area contributed by atoms with E-state index in [9.17, 15) is 13.2 Å². The molecule has 1 aliphatic carbocycles. The normalized spacial score (nSPS) is 19.7. The maximum Gasteiger partial charge on any atom is 0.243 e. The fourth-order valence-corrected chi connectivity index (χ4v) is 4.60. The molecule has 1 saturated carbocycles. The van der Waals surface area contributed by atoms with Gasteiger partial charge in [-0.2, -0.15) is 4.31 Å². The van der Waals surface area contributed by atoms with Crippen LogP contribution >= 0.6 is 0 Å². The predicted molar refractivity (Wildman–Crippen MR) is 94.9 cm³/mol. The summed E-state index contributed by atoms with van der Waals surface area (Å²) < 4.78 is 32.6. The second-order valence-corrected chi connectivity index (χ2v) is 8.93. The van der Waals surface area contributed by atoms with Crippen molar-refractivity contribution in [1.82, 2.24) is 9.21 Å². The smallest absolute Gasteiger partial charge is 0.243 e. The van der Waals surface area contributed by atoms with E-state index in [1.54, 1.807) is 24.3 Å². The minimum Gasteiger partial charge on any atom is -0.491 e. The van der Waals surface area contributed by atoms with Gasteiger partial charge in [0.2, 0.25) is 15.9 Å². The lowest BCUT2D eigenvalue weighted by Gasteiger charge is -2.37. The van der Waals surface area contributed by atoms with Gasteiger partial charge in [0, 0.05) is 32.1 Å². The summed E-state index contributed by atoms with van der Waals surface area (Å²) in [5.41, 5.74) is 0. The maximum absolute atomic E-state index is 12.8. The van der Waals surface area contributed by atoms with Gasteiger partial charge in [0.15, 0.2) is 0 Å². The lowest BCUT2D eigenvalue weighted by molar-refractivity contribution is -0.139. The zero-order valence-corrected chi connectivity index (χ0v) is 15.7. The molecule has 1 amide bonds. The monoisotopic (exact) mass is 366 g/mol. The van der Waals surface area contributed by atoms with E-state index in [1.165, 1.54) is 4.31 Å². The number of nitrogens with zero attached hydrogens (tertiary/aromatic N) is 2. The molecule has 0 radical (unpaired) electrons. The summed E-state index contributed by atoms with van der Waals surface area (Å²) in [7, 11) is -3.53. The van der Waals surface area contributed by atoms with E-state index in [1.807, 2.05) is 18.7 Å². The number of ether oxygens (including phenoxy) is 1. The first kappa shape index (κ1) is 18.2. The van der Waals surface area contributed by atoms with Crippen molar-refractivity contribution in [1.29, 1.82) is 0 Å². The van der Waals surface area contributed by atoms with E-state index in [0.29, 0.717) is 31.9 Å². The molecule has 7 heteroatoms. The number of hydrogen-bond donors (Lipinski definition) is 0. The molecule has 0 atom stereocenters. The van der Waals surface area contributed by atoms with Gasteiger partial charge in [0.25, 0.3) is 0 Å². The van der Waals surface area contributed by atoms with Gasteiger partial charge in [0.1, 0.15) is 5.75 Å². The molecule has 0 aromatic heterocycles. The molecule has 3 rings (SSSR count). The first-order valence-electron chi connectivity index (χ1n) is 8.93. The third-order valence-electron chi connectivity index (χ3n) is 4.84. The van der Waals surface area contributed by atoms with E-state index < -0.39 is 10.0 Å². The lowest BCUT2D eigenvalue weighted by atomic mass is 9.84. The number of piperazine rings is 1. The second-order valence-electron chi connectivity index (χ2n) is 7.00. The Morgan fingerprint density at radius 2 is 1.68 bits per heavy atom. The van der Waals surface area contributed by atoms with Crippen molar-refractivity contribution < 1.29 is 17.9 Å². The van der Waals surface area contributed by atoms with Crippen LogP contribution in [-0.4, -0.2) is 55.8 Å². The second kappa shape index (κ2) is 7.33. The maximum atomic E-state index is 12.8. The van der Waals surface area contributed by atoms with E-state index in [2.05, 4.69) is 0 Å². The summed E-state index contributed by atoms with van der Waals surface area (Å²) in [6.45, 7) is 5.51. The first-order valence-corrected chi connectivity index (χ1v) is 10.4. The van der Waals surface area contributed by atoms with Gasteiger partial charge in [-0.25, -0.2) is 8.42 Å². The van der Waals surface area contributed by atoms with Crippen LogP contribution in [0.15, 0.2) is 29.2 Å². The fraction of sp³-hybridized carbons (Fsp3) is 0.611. The summed E-state index contributed by atoms with van der Waals surface area (Å²) in [4.78, 5) is 14.4. The number of amides is 1. The Balaban J connectivity index is 1.62. The summed E-state index contributed by atoms with van der Waals surface area (Å²) in [6, 6.07) is 6.53. The largest absolute Gasteiger partial charge is 0.491 e. The Kier molecular flexibility index (Phi) is 5.34. The molecule has 6 nitrogen and oxygen atoms in total. The minimum atomic E-state index is -3.53. The number of carbonyl (C=O) groups is 1. The van der Waals surface area contributed by atoms with Crippen molar-refractivity contribution >= 4 is 15.9 Å². The number of rotatable bonds is 5. The van der Waals surface area contributed by atoms with Gasteiger partial charge < -0.3 is 9.64 Å². The molecule has 1 saturated heterocycles. The molecular weight excluding hydrogens is 340 g/mol. The quantitative estimate of drug-likeness (QED) is 0.800. The average molecular weight is 366 g/mol. The Hall–Kier alpha value is -1.60. The first-order chi connectivity index (χ1) is 11.9. The zero-order valence-electron chi connectivity index (χ0n) is 14.8. The van der Waals surface area contributed by atoms with Crippen molar-refractivity contribution in [2.75, 3.05) is 26.2 Å². The minimum absolute atomic E-state index is 0.0451. The van der Waals surface area contributed by atoms with Crippen molar-refractivity contribution in [2.45, 2.75) is 44.1 Å². The van der Waals surface area contributed by atoms with Gasteiger partial charge in [-0.1, -0.05) is 6.42 Å². The molecule has 2 fully saturated rings. The van der Waals surface area contributed by atoms with Crippen LogP contribution in [0.5, 0.6) is 5.75 Å². The molecule has 1 heterocycles. The SMILES string of the molecule is CC(C)Oc1ccc(S(=O)(=O)N2CCN(C(=O)C3CCC3)CC2)cc1. The van der Waals surface area contributed by atoms with Crippen molar-refractivity contribution in [2.24, 2.45) is 5.92 Å². The summed E-state index contributed by atoms with van der Waals surface area (Å²) in [5, 5.41) is 0. The summed E-state index contributed by atoms with van der Waals surface area (Å²) >= 11 is 0. The summed E-state index contributed by atoms with van der Waals surface area (Å²) in [6.07, 6.45) is 3.12. The predicted octanol–water partition coefficient (Wildman–Crippen LogP) is 2.11. The molecule has 0 spiro atoms. The average Bonchev–Trinajstić information content (AvgIpc) is 2.53. The Labute approximate surface area is 149 Å². The summed E-state index contributed by atoms with van der Waals surface area (Å²) in [5.74, 6) is 1.01. The highest BCUT2D eigenvalue weighted by molar-refractivity contribution is 7.89. The fourth-order valence-electron chi connectivity index (χ4n) is 3.17. The van der Waals surface area contributed by atoms with Crippen molar-refractivity contribution in [3.05, 3.63) is 24.3 Å². The molecule has 138 valence electrons. The molecule has 2 aliphatic rings. The molecule has 0 bridgehead atoms. The standard InChI is InChI=1S/C18H26N2O4S/c1-14(2)24-16-6-8-17(9-7-16)25(22,23)20-12-10-19(11-13-20)18(21)15-4-3-5-15/h6-9,14-15H,3-5,10-13H2,1-2H3. The van der Waals surface area contributed by atoms with Gasteiger partial charge >= 0.3 is 0 Å². The number of sulfonamides is 1. The van der Waals surface area contributed by atoms with Crippen LogP contribution in [0.1, 0.15) is 33.1 Å². The topological polar surface area (TPSA) is 66.9 Å². The van der Waals surface area contributed by atoms with Crippen LogP contribution < -0.4 is 4.74 Å². The molecule has 1 aliphatic heterocycles. The van der Waals surface area contributed by atoms with E-state index in [0.717, 1.165) is 19.3 Å². The van der Waals surface area contributed by atoms with E-state index >= 15 is 0 Å². The third kappa shape index (κ3) is 3.98. The molecular formula is C18H26N2O4S. The highest BCUT2D eigenvalue weighted by Crippen LogP contribution is 2.29. The van der Waals surface area contributed by atoms with Crippen molar-refractivity contribution in [3.8, 4) is 5.75 Å². The Morgan fingerprint density at radius 3 is 2.16 bits per heavy atom. The van der Waals surface area contributed by atoms with Crippen LogP contribution in [0, 0.1) is 5.92 Å². The molecule has 25 heavy (non-hydrogen) atoms. The highest BCUT2D eigenvalue weighted by Gasteiger charge is 2.34. The number of benzene rings is 1. The van der Waals surface area contributed by atoms with Gasteiger partial charge in [-0.15, -0.1) is 0 Å². The van der Waals surface area contributed by atoms with E-state index in [-0.39, 0.29) is 22.8 Å². The van der Waals surface area contributed by atoms with Gasteiger partial charge in [-0.05, 0) is 51.0 Å². The van der Waals surface area contributed by atoms with E-state index in [4.69, 9.17) is 4.74 Å². The van der Waals surface area contributed by atoms with Crippen LogP contribution in [0.4, 0.5) is 0 Å². The highest BCUT2D eigenvalue weighted by atomic mass is 32.2. The molecule has 1 aromatic rings. The van der Waals surface area contributed by atoms with Crippen LogP contribution in [0.2, 0.25) is 0 Å². The zero-order chi connectivity index (χ0) is 18.0. The molecule has 0 N–H and O–H groups in total. The Bertz CT molecular complexity index is 703. The van der Waals surface area contributed by atoms with Gasteiger partial charge in [-0.3, -0.25) is 4.79 Å². The van der Waals surface area contributed by atoms with Crippen LogP contribution in [-0.2, 0) is 14.8 Å². The number of carbonyl (C=O) groups excluding carboxylic acids is 1. The third-order valence-corrected chi connectivity index (χ3v) is 6.75.